The minimum Gasteiger partial charge on any atom is -0.356 e. The van der Waals surface area contributed by atoms with Crippen LogP contribution in [0.4, 0.5) is 0 Å². The van der Waals surface area contributed by atoms with Crippen molar-refractivity contribution in [2.45, 2.75) is 49.9 Å². The molecule has 1 atom stereocenters. The molecule has 2 aromatic rings. The van der Waals surface area contributed by atoms with E-state index in [0.29, 0.717) is 18.3 Å². The predicted molar refractivity (Wildman–Crippen MR) is 115 cm³/mol. The van der Waals surface area contributed by atoms with Gasteiger partial charge in [0.2, 0.25) is 5.91 Å². The zero-order valence-electron chi connectivity index (χ0n) is 16.7. The Morgan fingerprint density at radius 2 is 1.93 bits per heavy atom. The molecule has 0 unspecified atom stereocenters. The maximum Gasteiger partial charge on any atom is 0.254 e. The average molecular weight is 409 g/mol. The summed E-state index contributed by atoms with van der Waals surface area (Å²) in [6.07, 6.45) is 6.11. The van der Waals surface area contributed by atoms with E-state index in [9.17, 15) is 9.59 Å². The van der Waals surface area contributed by atoms with Gasteiger partial charge in [-0.05, 0) is 71.9 Å². The first kappa shape index (κ1) is 18.9. The molecule has 1 aromatic carbocycles. The van der Waals surface area contributed by atoms with E-state index in [-0.39, 0.29) is 17.2 Å². The Morgan fingerprint density at radius 1 is 1.14 bits per heavy atom. The summed E-state index contributed by atoms with van der Waals surface area (Å²) in [5.74, 6) is 1.36. The molecule has 1 aromatic heterocycles. The van der Waals surface area contributed by atoms with Crippen molar-refractivity contribution in [3.8, 4) is 0 Å². The molecule has 3 aliphatic rings. The number of fused-ring (bicyclic) bond motifs is 2. The molecule has 4 nitrogen and oxygen atoms in total. The van der Waals surface area contributed by atoms with Crippen molar-refractivity contribution < 1.29 is 9.59 Å². The van der Waals surface area contributed by atoms with Gasteiger partial charge in [0.25, 0.3) is 5.91 Å². The van der Waals surface area contributed by atoms with Gasteiger partial charge in [0.1, 0.15) is 0 Å². The molecule has 1 saturated heterocycles. The average Bonchev–Trinajstić information content (AvgIpc) is 3.33. The first-order valence-electron chi connectivity index (χ1n) is 10.8. The highest BCUT2D eigenvalue weighted by Crippen LogP contribution is 2.52. The first-order valence-corrected chi connectivity index (χ1v) is 11.8. The van der Waals surface area contributed by atoms with E-state index in [0.717, 1.165) is 44.5 Å². The summed E-state index contributed by atoms with van der Waals surface area (Å²) in [5.41, 5.74) is 3.70. The van der Waals surface area contributed by atoms with Gasteiger partial charge in [-0.3, -0.25) is 9.59 Å². The molecule has 1 spiro atoms. The van der Waals surface area contributed by atoms with Crippen LogP contribution in [0.2, 0.25) is 0 Å². The minimum atomic E-state index is 0.115. The largest absolute Gasteiger partial charge is 0.356 e. The molecular formula is C24H28N2O2S. The Labute approximate surface area is 176 Å². The Bertz CT molecular complexity index is 895. The Balaban J connectivity index is 1.28. The zero-order valence-corrected chi connectivity index (χ0v) is 17.5. The van der Waals surface area contributed by atoms with Crippen LogP contribution in [0, 0.1) is 5.92 Å². The molecule has 0 radical (unpaired) electrons. The number of piperidine rings is 1. The lowest BCUT2D eigenvalue weighted by atomic mass is 9.73. The van der Waals surface area contributed by atoms with Gasteiger partial charge in [-0.2, -0.15) is 11.3 Å². The van der Waals surface area contributed by atoms with Gasteiger partial charge in [0, 0.05) is 31.4 Å². The number of amides is 2. The highest BCUT2D eigenvalue weighted by molar-refractivity contribution is 7.08. The minimum absolute atomic E-state index is 0.115. The number of carbonyl (C=O) groups is 2. The molecule has 2 amide bonds. The molecule has 1 saturated carbocycles. The van der Waals surface area contributed by atoms with Crippen LogP contribution in [-0.2, 0) is 10.2 Å². The fraction of sp³-hybridized carbons (Fsp3) is 0.500. The molecule has 5 rings (SSSR count). The molecule has 1 aliphatic heterocycles. The van der Waals surface area contributed by atoms with E-state index in [2.05, 4.69) is 29.6 Å². The van der Waals surface area contributed by atoms with Crippen LogP contribution in [0.25, 0.3) is 0 Å². The monoisotopic (exact) mass is 408 g/mol. The molecule has 2 heterocycles. The quantitative estimate of drug-likeness (QED) is 0.801. The maximum absolute atomic E-state index is 12.7. The number of carbonyl (C=O) groups excluding carboxylic acids is 2. The standard InChI is InChI=1S/C24H28N2O2S/c27-22(25-15-17-5-6-17)13-19-14-24(21-4-2-1-3-20(19)21)8-10-26(11-9-24)23(28)18-7-12-29-16-18/h1-4,7,12,16-17,19H,5-6,8-11,13-15H2,(H,25,27)/t19-/m0/s1. The molecule has 2 fully saturated rings. The fourth-order valence-corrected chi connectivity index (χ4v) is 5.90. The van der Waals surface area contributed by atoms with Gasteiger partial charge in [0.15, 0.2) is 0 Å². The van der Waals surface area contributed by atoms with Crippen LogP contribution in [0.15, 0.2) is 41.1 Å². The molecule has 29 heavy (non-hydrogen) atoms. The van der Waals surface area contributed by atoms with E-state index >= 15 is 0 Å². The van der Waals surface area contributed by atoms with Crippen LogP contribution in [0.1, 0.15) is 65.9 Å². The molecule has 1 N–H and O–H groups in total. The summed E-state index contributed by atoms with van der Waals surface area (Å²) < 4.78 is 0. The second kappa shape index (κ2) is 7.60. The third-order valence-electron chi connectivity index (χ3n) is 7.10. The summed E-state index contributed by atoms with van der Waals surface area (Å²) in [7, 11) is 0. The number of hydrogen-bond donors (Lipinski definition) is 1. The van der Waals surface area contributed by atoms with E-state index < -0.39 is 0 Å². The van der Waals surface area contributed by atoms with Gasteiger partial charge < -0.3 is 10.2 Å². The van der Waals surface area contributed by atoms with Crippen molar-refractivity contribution >= 4 is 23.2 Å². The van der Waals surface area contributed by atoms with E-state index in [1.165, 1.54) is 24.0 Å². The van der Waals surface area contributed by atoms with Crippen LogP contribution < -0.4 is 5.32 Å². The van der Waals surface area contributed by atoms with Gasteiger partial charge in [0.05, 0.1) is 5.56 Å². The van der Waals surface area contributed by atoms with Crippen molar-refractivity contribution in [1.29, 1.82) is 0 Å². The summed E-state index contributed by atoms with van der Waals surface area (Å²) in [6, 6.07) is 10.6. The van der Waals surface area contributed by atoms with E-state index in [1.54, 1.807) is 11.3 Å². The first-order chi connectivity index (χ1) is 14.1. The van der Waals surface area contributed by atoms with Crippen LogP contribution in [-0.4, -0.2) is 36.3 Å². The number of rotatable bonds is 5. The lowest BCUT2D eigenvalue weighted by Crippen LogP contribution is -2.44. The fourth-order valence-electron chi connectivity index (χ4n) is 5.27. The third-order valence-corrected chi connectivity index (χ3v) is 7.78. The Morgan fingerprint density at radius 3 is 2.66 bits per heavy atom. The molecular weight excluding hydrogens is 380 g/mol. The summed E-state index contributed by atoms with van der Waals surface area (Å²) in [4.78, 5) is 27.3. The lowest BCUT2D eigenvalue weighted by molar-refractivity contribution is -0.121. The second-order valence-corrected chi connectivity index (χ2v) is 9.80. The Hall–Kier alpha value is -2.14. The summed E-state index contributed by atoms with van der Waals surface area (Å²) >= 11 is 1.57. The normalized spacial score (nSPS) is 22.5. The number of hydrogen-bond acceptors (Lipinski definition) is 3. The summed E-state index contributed by atoms with van der Waals surface area (Å²) in [5, 5.41) is 7.04. The molecule has 5 heteroatoms. The smallest absolute Gasteiger partial charge is 0.254 e. The molecule has 0 bridgehead atoms. The molecule has 2 aliphatic carbocycles. The summed E-state index contributed by atoms with van der Waals surface area (Å²) in [6.45, 7) is 2.44. The third kappa shape index (κ3) is 3.73. The number of nitrogens with one attached hydrogen (secondary N) is 1. The highest BCUT2D eigenvalue weighted by atomic mass is 32.1. The number of nitrogens with zero attached hydrogens (tertiary/aromatic N) is 1. The second-order valence-electron chi connectivity index (χ2n) is 9.02. The SMILES string of the molecule is O=C(C[C@H]1CC2(CCN(C(=O)c3ccsc3)CC2)c2ccccc21)NCC1CC1. The van der Waals surface area contributed by atoms with Crippen molar-refractivity contribution in [3.05, 3.63) is 57.8 Å². The highest BCUT2D eigenvalue weighted by Gasteiger charge is 2.46. The van der Waals surface area contributed by atoms with Crippen molar-refractivity contribution in [1.82, 2.24) is 10.2 Å². The number of thiophene rings is 1. The van der Waals surface area contributed by atoms with Crippen LogP contribution >= 0.6 is 11.3 Å². The zero-order chi connectivity index (χ0) is 19.8. The van der Waals surface area contributed by atoms with Crippen molar-refractivity contribution in [3.63, 3.8) is 0 Å². The van der Waals surface area contributed by atoms with Crippen molar-refractivity contribution in [2.75, 3.05) is 19.6 Å². The van der Waals surface area contributed by atoms with E-state index in [4.69, 9.17) is 0 Å². The van der Waals surface area contributed by atoms with Gasteiger partial charge in [-0.15, -0.1) is 0 Å². The van der Waals surface area contributed by atoms with E-state index in [1.807, 2.05) is 21.7 Å². The van der Waals surface area contributed by atoms with Crippen molar-refractivity contribution in [2.24, 2.45) is 5.92 Å². The topological polar surface area (TPSA) is 49.4 Å². The number of likely N-dealkylation sites (tertiary alicyclic amines) is 1. The van der Waals surface area contributed by atoms with Crippen LogP contribution in [0.5, 0.6) is 0 Å². The lowest BCUT2D eigenvalue weighted by Gasteiger charge is -2.40. The van der Waals surface area contributed by atoms with Crippen LogP contribution in [0.3, 0.4) is 0 Å². The van der Waals surface area contributed by atoms with Gasteiger partial charge in [-0.1, -0.05) is 24.3 Å². The Kier molecular flexibility index (Phi) is 4.94. The number of benzene rings is 1. The van der Waals surface area contributed by atoms with Gasteiger partial charge in [-0.25, -0.2) is 0 Å². The predicted octanol–water partition coefficient (Wildman–Crippen LogP) is 4.33. The molecule has 152 valence electrons. The maximum atomic E-state index is 12.7. The van der Waals surface area contributed by atoms with Gasteiger partial charge >= 0.3 is 0 Å².